The van der Waals surface area contributed by atoms with Gasteiger partial charge in [-0.1, -0.05) is 0 Å². The number of nitrogens with one attached hydrogen (secondary N) is 1. The van der Waals surface area contributed by atoms with E-state index < -0.39 is 0 Å². The van der Waals surface area contributed by atoms with Gasteiger partial charge in [-0.3, -0.25) is 0 Å². The summed E-state index contributed by atoms with van der Waals surface area (Å²) in [6.07, 6.45) is 2.30. The van der Waals surface area contributed by atoms with Crippen LogP contribution in [0.5, 0.6) is 0 Å². The molecular formula is C13H19FN2. The van der Waals surface area contributed by atoms with Crippen molar-refractivity contribution < 1.29 is 4.39 Å². The van der Waals surface area contributed by atoms with Gasteiger partial charge in [0.2, 0.25) is 0 Å². The average Bonchev–Trinajstić information content (AvgIpc) is 2.29. The maximum atomic E-state index is 12.8. The number of hydrogen-bond donors (Lipinski definition) is 1. The lowest BCUT2D eigenvalue weighted by molar-refractivity contribution is 0.371. The summed E-state index contributed by atoms with van der Waals surface area (Å²) in [5.74, 6) is -0.171. The van der Waals surface area contributed by atoms with E-state index >= 15 is 0 Å². The van der Waals surface area contributed by atoms with Crippen molar-refractivity contribution in [2.45, 2.75) is 31.8 Å². The van der Waals surface area contributed by atoms with E-state index in [1.165, 1.54) is 12.1 Å². The van der Waals surface area contributed by atoms with Gasteiger partial charge in [0.1, 0.15) is 5.82 Å². The average molecular weight is 222 g/mol. The Morgan fingerprint density at radius 1 is 1.31 bits per heavy atom. The molecular weight excluding hydrogens is 203 g/mol. The first-order valence-corrected chi connectivity index (χ1v) is 5.88. The van der Waals surface area contributed by atoms with E-state index in [-0.39, 0.29) is 5.82 Å². The van der Waals surface area contributed by atoms with E-state index in [1.54, 1.807) is 0 Å². The van der Waals surface area contributed by atoms with Crippen LogP contribution in [0, 0.1) is 5.82 Å². The number of halogens is 1. The van der Waals surface area contributed by atoms with Crippen molar-refractivity contribution in [2.75, 3.05) is 18.5 Å². The first-order valence-electron chi connectivity index (χ1n) is 5.88. The SMILES string of the molecule is CC1CC(N(C)c2ccc(F)cc2)CCN1. The summed E-state index contributed by atoms with van der Waals surface area (Å²) < 4.78 is 12.8. The molecule has 1 saturated heterocycles. The largest absolute Gasteiger partial charge is 0.372 e. The molecule has 1 heterocycles. The molecule has 1 aromatic carbocycles. The Morgan fingerprint density at radius 2 is 2.00 bits per heavy atom. The van der Waals surface area contributed by atoms with Crippen molar-refractivity contribution in [3.8, 4) is 0 Å². The zero-order chi connectivity index (χ0) is 11.5. The van der Waals surface area contributed by atoms with E-state index in [9.17, 15) is 4.39 Å². The number of hydrogen-bond acceptors (Lipinski definition) is 2. The summed E-state index contributed by atoms with van der Waals surface area (Å²) in [5, 5.41) is 3.44. The molecule has 2 atom stereocenters. The van der Waals surface area contributed by atoms with Gasteiger partial charge in [-0.15, -0.1) is 0 Å². The molecule has 16 heavy (non-hydrogen) atoms. The Hall–Kier alpha value is -1.09. The van der Waals surface area contributed by atoms with Crippen molar-refractivity contribution in [1.29, 1.82) is 0 Å². The molecule has 0 spiro atoms. The predicted molar refractivity (Wildman–Crippen MR) is 65.3 cm³/mol. The van der Waals surface area contributed by atoms with E-state index in [1.807, 2.05) is 12.1 Å². The smallest absolute Gasteiger partial charge is 0.123 e. The quantitative estimate of drug-likeness (QED) is 0.826. The van der Waals surface area contributed by atoms with Gasteiger partial charge in [-0.05, 0) is 50.6 Å². The second-order valence-electron chi connectivity index (χ2n) is 4.62. The fourth-order valence-corrected chi connectivity index (χ4v) is 2.34. The standard InChI is InChI=1S/C13H19FN2/c1-10-9-13(7-8-15-10)16(2)12-5-3-11(14)4-6-12/h3-6,10,13,15H,7-9H2,1-2H3. The summed E-state index contributed by atoms with van der Waals surface area (Å²) in [4.78, 5) is 2.26. The molecule has 0 radical (unpaired) electrons. The van der Waals surface area contributed by atoms with Crippen LogP contribution in [0.1, 0.15) is 19.8 Å². The van der Waals surface area contributed by atoms with Crippen molar-refractivity contribution in [2.24, 2.45) is 0 Å². The van der Waals surface area contributed by atoms with E-state index in [0.717, 1.165) is 25.1 Å². The Bertz CT molecular complexity index is 336. The predicted octanol–water partition coefficient (Wildman–Crippen LogP) is 2.40. The van der Waals surface area contributed by atoms with Gasteiger partial charge in [0.05, 0.1) is 0 Å². The van der Waals surface area contributed by atoms with Gasteiger partial charge in [0, 0.05) is 24.8 Å². The van der Waals surface area contributed by atoms with Crippen LogP contribution < -0.4 is 10.2 Å². The highest BCUT2D eigenvalue weighted by Gasteiger charge is 2.21. The van der Waals surface area contributed by atoms with Crippen LogP contribution in [-0.4, -0.2) is 25.7 Å². The Balaban J connectivity index is 2.06. The highest BCUT2D eigenvalue weighted by molar-refractivity contribution is 5.46. The van der Waals surface area contributed by atoms with Crippen molar-refractivity contribution >= 4 is 5.69 Å². The van der Waals surface area contributed by atoms with Gasteiger partial charge >= 0.3 is 0 Å². The molecule has 0 bridgehead atoms. The molecule has 3 heteroatoms. The molecule has 1 N–H and O–H groups in total. The monoisotopic (exact) mass is 222 g/mol. The minimum absolute atomic E-state index is 0.171. The molecule has 88 valence electrons. The normalized spacial score (nSPS) is 25.4. The minimum Gasteiger partial charge on any atom is -0.372 e. The molecule has 1 aliphatic heterocycles. The van der Waals surface area contributed by atoms with E-state index in [0.29, 0.717) is 12.1 Å². The van der Waals surface area contributed by atoms with Crippen LogP contribution in [0.3, 0.4) is 0 Å². The van der Waals surface area contributed by atoms with Crippen molar-refractivity contribution in [1.82, 2.24) is 5.32 Å². The van der Waals surface area contributed by atoms with E-state index in [4.69, 9.17) is 0 Å². The lowest BCUT2D eigenvalue weighted by Crippen LogP contribution is -2.45. The van der Waals surface area contributed by atoms with Crippen molar-refractivity contribution in [3.63, 3.8) is 0 Å². The van der Waals surface area contributed by atoms with Gasteiger partial charge in [-0.25, -0.2) is 4.39 Å². The van der Waals surface area contributed by atoms with Crippen LogP contribution in [0.25, 0.3) is 0 Å². The number of nitrogens with zero attached hydrogens (tertiary/aromatic N) is 1. The third-order valence-corrected chi connectivity index (χ3v) is 3.38. The van der Waals surface area contributed by atoms with Gasteiger partial charge in [0.25, 0.3) is 0 Å². The maximum absolute atomic E-state index is 12.8. The third-order valence-electron chi connectivity index (χ3n) is 3.38. The maximum Gasteiger partial charge on any atom is 0.123 e. The molecule has 0 amide bonds. The van der Waals surface area contributed by atoms with Crippen LogP contribution >= 0.6 is 0 Å². The lowest BCUT2D eigenvalue weighted by atomic mass is 9.99. The molecule has 0 aromatic heterocycles. The van der Waals surface area contributed by atoms with Crippen LogP contribution in [0.2, 0.25) is 0 Å². The molecule has 1 fully saturated rings. The van der Waals surface area contributed by atoms with Gasteiger partial charge in [-0.2, -0.15) is 0 Å². The number of piperidine rings is 1. The van der Waals surface area contributed by atoms with E-state index in [2.05, 4.69) is 24.2 Å². The fourth-order valence-electron chi connectivity index (χ4n) is 2.34. The molecule has 2 nitrogen and oxygen atoms in total. The van der Waals surface area contributed by atoms with Crippen molar-refractivity contribution in [3.05, 3.63) is 30.1 Å². The fraction of sp³-hybridized carbons (Fsp3) is 0.538. The topological polar surface area (TPSA) is 15.3 Å². The second-order valence-corrected chi connectivity index (χ2v) is 4.62. The van der Waals surface area contributed by atoms with Crippen LogP contribution in [0.15, 0.2) is 24.3 Å². The molecule has 1 aliphatic rings. The summed E-state index contributed by atoms with van der Waals surface area (Å²) >= 11 is 0. The zero-order valence-corrected chi connectivity index (χ0v) is 9.91. The minimum atomic E-state index is -0.171. The Labute approximate surface area is 96.5 Å². The zero-order valence-electron chi connectivity index (χ0n) is 9.91. The number of rotatable bonds is 2. The first-order chi connectivity index (χ1) is 7.66. The lowest BCUT2D eigenvalue weighted by Gasteiger charge is -2.36. The summed E-state index contributed by atoms with van der Waals surface area (Å²) in [5.41, 5.74) is 1.10. The Morgan fingerprint density at radius 3 is 2.62 bits per heavy atom. The highest BCUT2D eigenvalue weighted by Crippen LogP contribution is 2.21. The number of benzene rings is 1. The molecule has 0 aliphatic carbocycles. The summed E-state index contributed by atoms with van der Waals surface area (Å²) in [7, 11) is 2.09. The van der Waals surface area contributed by atoms with Gasteiger partial charge in [0.15, 0.2) is 0 Å². The molecule has 0 saturated carbocycles. The molecule has 1 aromatic rings. The second kappa shape index (κ2) is 4.83. The molecule has 2 rings (SSSR count). The highest BCUT2D eigenvalue weighted by atomic mass is 19.1. The van der Waals surface area contributed by atoms with Gasteiger partial charge < -0.3 is 10.2 Å². The van der Waals surface area contributed by atoms with Crippen LogP contribution in [-0.2, 0) is 0 Å². The summed E-state index contributed by atoms with van der Waals surface area (Å²) in [6.45, 7) is 3.28. The van der Waals surface area contributed by atoms with Crippen LogP contribution in [0.4, 0.5) is 10.1 Å². The summed E-state index contributed by atoms with van der Waals surface area (Å²) in [6, 6.07) is 7.87. The Kier molecular flexibility index (Phi) is 3.44. The third kappa shape index (κ3) is 2.53. The number of anilines is 1. The first kappa shape index (κ1) is 11.4. The molecule has 2 unspecified atom stereocenters.